The van der Waals surface area contributed by atoms with Gasteiger partial charge in [-0.05, 0) is 55.0 Å². The minimum Gasteiger partial charge on any atom is -0.379 e. The minimum atomic E-state index is 0.488. The van der Waals surface area contributed by atoms with E-state index >= 15 is 0 Å². The molecular formula is C29H31N7O. The van der Waals surface area contributed by atoms with Crippen molar-refractivity contribution in [2.24, 2.45) is 0 Å². The van der Waals surface area contributed by atoms with Crippen LogP contribution in [-0.4, -0.2) is 59.2 Å². The van der Waals surface area contributed by atoms with Gasteiger partial charge in [0, 0.05) is 73.5 Å². The van der Waals surface area contributed by atoms with E-state index in [9.17, 15) is 5.26 Å². The number of ether oxygens (including phenoxy) is 1. The number of rotatable bonds is 9. The molecule has 3 aromatic heterocycles. The van der Waals surface area contributed by atoms with Crippen LogP contribution in [0.3, 0.4) is 0 Å². The van der Waals surface area contributed by atoms with Crippen LogP contribution in [0.25, 0.3) is 23.1 Å². The zero-order chi connectivity index (χ0) is 25.5. The number of nitriles is 1. The van der Waals surface area contributed by atoms with Gasteiger partial charge < -0.3 is 20.4 Å². The summed E-state index contributed by atoms with van der Waals surface area (Å²) in [4.78, 5) is 14.7. The number of aromatic nitrogens is 3. The average molecular weight is 494 g/mol. The molecule has 1 aromatic carbocycles. The Balaban J connectivity index is 1.28. The summed E-state index contributed by atoms with van der Waals surface area (Å²) in [7, 11) is 0. The summed E-state index contributed by atoms with van der Waals surface area (Å²) in [5.74, 6) is 0. The molecule has 3 N–H and O–H groups in total. The first-order valence-corrected chi connectivity index (χ1v) is 12.6. The second-order valence-electron chi connectivity index (χ2n) is 9.08. The second-order valence-corrected chi connectivity index (χ2v) is 9.08. The summed E-state index contributed by atoms with van der Waals surface area (Å²) in [5.41, 5.74) is 7.03. The molecule has 1 fully saturated rings. The molecule has 1 aliphatic heterocycles. The molecule has 0 bridgehead atoms. The molecule has 0 radical (unpaired) electrons. The van der Waals surface area contributed by atoms with E-state index in [1.807, 2.05) is 48.7 Å². The Morgan fingerprint density at radius 3 is 2.89 bits per heavy atom. The number of aryl methyl sites for hydroxylation is 1. The molecule has 0 unspecified atom stereocenters. The Kier molecular flexibility index (Phi) is 7.87. The van der Waals surface area contributed by atoms with Crippen LogP contribution < -0.4 is 10.6 Å². The third-order valence-corrected chi connectivity index (χ3v) is 6.64. The van der Waals surface area contributed by atoms with Gasteiger partial charge in [0.15, 0.2) is 0 Å². The first-order chi connectivity index (χ1) is 18.2. The monoisotopic (exact) mass is 493 g/mol. The number of pyridine rings is 2. The van der Waals surface area contributed by atoms with Crippen LogP contribution in [0.4, 0.5) is 11.4 Å². The average Bonchev–Trinajstić information content (AvgIpc) is 3.43. The van der Waals surface area contributed by atoms with Crippen molar-refractivity contribution in [3.05, 3.63) is 83.1 Å². The van der Waals surface area contributed by atoms with E-state index in [0.717, 1.165) is 84.2 Å². The highest BCUT2D eigenvalue weighted by Gasteiger charge is 2.12. The van der Waals surface area contributed by atoms with Gasteiger partial charge in [0.25, 0.3) is 0 Å². The Labute approximate surface area is 217 Å². The second kappa shape index (κ2) is 11.8. The van der Waals surface area contributed by atoms with Crippen molar-refractivity contribution in [3.63, 3.8) is 0 Å². The molecule has 188 valence electrons. The number of benzene rings is 1. The van der Waals surface area contributed by atoms with Crippen LogP contribution in [0.2, 0.25) is 0 Å². The largest absolute Gasteiger partial charge is 0.379 e. The van der Waals surface area contributed by atoms with E-state index in [2.05, 4.69) is 44.6 Å². The number of nitrogens with zero attached hydrogens (tertiary/aromatic N) is 4. The van der Waals surface area contributed by atoms with Gasteiger partial charge in [0.1, 0.15) is 6.07 Å². The minimum absolute atomic E-state index is 0.488. The lowest BCUT2D eigenvalue weighted by Gasteiger charge is -2.26. The van der Waals surface area contributed by atoms with E-state index in [1.54, 1.807) is 12.4 Å². The molecular weight excluding hydrogens is 462 g/mol. The summed E-state index contributed by atoms with van der Waals surface area (Å²) in [6.45, 7) is 8.35. The Bertz CT molecular complexity index is 1430. The number of fused-ring (bicyclic) bond motifs is 1. The van der Waals surface area contributed by atoms with Crippen molar-refractivity contribution < 1.29 is 4.74 Å². The maximum Gasteiger partial charge on any atom is 0.103 e. The molecule has 0 atom stereocenters. The highest BCUT2D eigenvalue weighted by atomic mass is 16.5. The normalized spacial score (nSPS) is 14.3. The Morgan fingerprint density at radius 2 is 2.03 bits per heavy atom. The van der Waals surface area contributed by atoms with Gasteiger partial charge in [-0.25, -0.2) is 0 Å². The topological polar surface area (TPSA) is 102 Å². The van der Waals surface area contributed by atoms with E-state index in [1.165, 1.54) is 0 Å². The zero-order valence-corrected chi connectivity index (χ0v) is 21.0. The van der Waals surface area contributed by atoms with Crippen LogP contribution in [0, 0.1) is 18.3 Å². The smallest absolute Gasteiger partial charge is 0.103 e. The first kappa shape index (κ1) is 24.7. The van der Waals surface area contributed by atoms with Gasteiger partial charge in [-0.15, -0.1) is 0 Å². The summed E-state index contributed by atoms with van der Waals surface area (Å²) in [6.07, 6.45) is 9.21. The SMILES string of the molecule is Cc1c(Nc2c(C#N)cncc2C=Cc2cccc(CNCCN3CCOCC3)n2)ccc2[nH]ccc12. The van der Waals surface area contributed by atoms with Crippen molar-refractivity contribution in [2.75, 3.05) is 44.7 Å². The molecule has 8 nitrogen and oxygen atoms in total. The number of hydrogen-bond donors (Lipinski definition) is 3. The summed E-state index contributed by atoms with van der Waals surface area (Å²) < 4.78 is 5.41. The summed E-state index contributed by atoms with van der Waals surface area (Å²) >= 11 is 0. The number of morpholine rings is 1. The molecule has 0 amide bonds. The molecule has 5 rings (SSSR count). The molecule has 0 spiro atoms. The highest BCUT2D eigenvalue weighted by molar-refractivity contribution is 5.90. The van der Waals surface area contributed by atoms with Crippen LogP contribution in [0.5, 0.6) is 0 Å². The first-order valence-electron chi connectivity index (χ1n) is 12.6. The standard InChI is InChI=1S/C29H31N7O/c1-21-26-9-10-33-28(26)8-7-27(21)35-29-22(18-32-19-23(29)17-30)5-6-24-3-2-4-25(34-24)20-31-11-12-36-13-15-37-16-14-36/h2-10,18-19,31,33H,11-16,20H2,1H3,(H,32,35). The van der Waals surface area contributed by atoms with E-state index in [-0.39, 0.29) is 0 Å². The fourth-order valence-electron chi connectivity index (χ4n) is 4.52. The molecule has 8 heteroatoms. The van der Waals surface area contributed by atoms with E-state index in [4.69, 9.17) is 9.72 Å². The van der Waals surface area contributed by atoms with Crippen molar-refractivity contribution in [3.8, 4) is 6.07 Å². The third kappa shape index (κ3) is 6.04. The number of aromatic amines is 1. The van der Waals surface area contributed by atoms with Crippen LogP contribution >= 0.6 is 0 Å². The van der Waals surface area contributed by atoms with Gasteiger partial charge >= 0.3 is 0 Å². The number of nitrogens with one attached hydrogen (secondary N) is 3. The molecule has 37 heavy (non-hydrogen) atoms. The molecule has 4 aromatic rings. The maximum atomic E-state index is 9.75. The highest BCUT2D eigenvalue weighted by Crippen LogP contribution is 2.31. The predicted molar refractivity (Wildman–Crippen MR) is 147 cm³/mol. The Morgan fingerprint density at radius 1 is 1.14 bits per heavy atom. The summed E-state index contributed by atoms with van der Waals surface area (Å²) in [5, 5.41) is 17.9. The van der Waals surface area contributed by atoms with Crippen LogP contribution in [0.15, 0.2) is 55.0 Å². The van der Waals surface area contributed by atoms with Gasteiger partial charge in [0.2, 0.25) is 0 Å². The number of H-pyrrole nitrogens is 1. The molecule has 0 aliphatic carbocycles. The van der Waals surface area contributed by atoms with Crippen LogP contribution in [0.1, 0.15) is 28.1 Å². The Hall–Kier alpha value is -4.03. The van der Waals surface area contributed by atoms with Crippen LogP contribution in [-0.2, 0) is 11.3 Å². The lowest BCUT2D eigenvalue weighted by Crippen LogP contribution is -2.40. The van der Waals surface area contributed by atoms with E-state index < -0.39 is 0 Å². The van der Waals surface area contributed by atoms with Crippen molar-refractivity contribution in [2.45, 2.75) is 13.5 Å². The van der Waals surface area contributed by atoms with Gasteiger partial charge in [-0.3, -0.25) is 14.9 Å². The number of anilines is 2. The quantitative estimate of drug-likeness (QED) is 0.296. The lowest BCUT2D eigenvalue weighted by atomic mass is 10.1. The third-order valence-electron chi connectivity index (χ3n) is 6.64. The number of hydrogen-bond acceptors (Lipinski definition) is 7. The molecule has 1 saturated heterocycles. The van der Waals surface area contributed by atoms with Gasteiger partial charge in [-0.2, -0.15) is 5.26 Å². The predicted octanol–water partition coefficient (Wildman–Crippen LogP) is 4.47. The van der Waals surface area contributed by atoms with E-state index in [0.29, 0.717) is 12.1 Å². The zero-order valence-electron chi connectivity index (χ0n) is 21.0. The molecule has 1 aliphatic rings. The fourth-order valence-corrected chi connectivity index (χ4v) is 4.52. The molecule has 0 saturated carbocycles. The van der Waals surface area contributed by atoms with Crippen molar-refractivity contribution in [1.82, 2.24) is 25.2 Å². The summed E-state index contributed by atoms with van der Waals surface area (Å²) in [6, 6.07) is 14.4. The van der Waals surface area contributed by atoms with Gasteiger partial charge in [0.05, 0.1) is 35.9 Å². The van der Waals surface area contributed by atoms with Gasteiger partial charge in [-0.1, -0.05) is 6.07 Å². The van der Waals surface area contributed by atoms with Crippen molar-refractivity contribution >= 4 is 34.4 Å². The van der Waals surface area contributed by atoms with Crippen molar-refractivity contribution in [1.29, 1.82) is 5.26 Å². The molecule has 4 heterocycles. The maximum absolute atomic E-state index is 9.75. The fraction of sp³-hybridized carbons (Fsp3) is 0.276. The lowest BCUT2D eigenvalue weighted by molar-refractivity contribution is 0.0384.